The molecule has 1 aliphatic rings. The second kappa shape index (κ2) is 4.64. The van der Waals surface area contributed by atoms with Gasteiger partial charge in [-0.2, -0.15) is 0 Å². The van der Waals surface area contributed by atoms with Crippen molar-refractivity contribution < 1.29 is 9.53 Å². The van der Waals surface area contributed by atoms with E-state index in [1.807, 2.05) is 36.4 Å². The van der Waals surface area contributed by atoms with Crippen molar-refractivity contribution in [1.82, 2.24) is 9.38 Å². The van der Waals surface area contributed by atoms with Gasteiger partial charge < -0.3 is 4.74 Å². The van der Waals surface area contributed by atoms with Gasteiger partial charge in [0.15, 0.2) is 0 Å². The van der Waals surface area contributed by atoms with Gasteiger partial charge in [-0.1, -0.05) is 18.2 Å². The van der Waals surface area contributed by atoms with Crippen molar-refractivity contribution in [3.05, 3.63) is 63.7 Å². The molecule has 5 rings (SSSR count). The first-order valence-corrected chi connectivity index (χ1v) is 7.77. The number of ether oxygens (including phenoxy) is 1. The molecule has 0 fully saturated rings. The van der Waals surface area contributed by atoms with Gasteiger partial charge in [0.1, 0.15) is 6.26 Å². The second-order valence-electron chi connectivity index (χ2n) is 6.00. The zero-order valence-electron chi connectivity index (χ0n) is 12.7. The van der Waals surface area contributed by atoms with E-state index in [2.05, 4.69) is 0 Å². The summed E-state index contributed by atoms with van der Waals surface area (Å²) in [5.74, 6) is -0.316. The van der Waals surface area contributed by atoms with E-state index in [9.17, 15) is 9.59 Å². The summed E-state index contributed by atoms with van der Waals surface area (Å²) in [6.07, 6.45) is 3.85. The molecule has 0 aliphatic carbocycles. The number of para-hydroxylation sites is 1. The average molecular weight is 316 g/mol. The zero-order valence-corrected chi connectivity index (χ0v) is 12.7. The fourth-order valence-electron chi connectivity index (χ4n) is 3.33. The molecule has 1 aromatic carbocycles. The Morgan fingerprint density at radius 1 is 1.04 bits per heavy atom. The first-order valence-electron chi connectivity index (χ1n) is 7.77. The van der Waals surface area contributed by atoms with Crippen molar-refractivity contribution in [2.45, 2.75) is 12.8 Å². The summed E-state index contributed by atoms with van der Waals surface area (Å²) in [4.78, 5) is 29.0. The number of hydrogen-bond donors (Lipinski definition) is 0. The maximum absolute atomic E-state index is 12.8. The summed E-state index contributed by atoms with van der Waals surface area (Å²) in [6, 6.07) is 11.9. The second-order valence-corrected chi connectivity index (χ2v) is 6.00. The van der Waals surface area contributed by atoms with Crippen LogP contribution >= 0.6 is 0 Å². The van der Waals surface area contributed by atoms with E-state index in [4.69, 9.17) is 9.72 Å². The highest BCUT2D eigenvalue weighted by molar-refractivity contribution is 6.00. The third-order valence-corrected chi connectivity index (χ3v) is 4.54. The molecule has 116 valence electrons. The lowest BCUT2D eigenvalue weighted by Gasteiger charge is -2.01. The molecule has 0 bridgehead atoms. The molecule has 0 saturated carbocycles. The van der Waals surface area contributed by atoms with Crippen LogP contribution in [0, 0.1) is 0 Å². The molecular formula is C19H12N2O3. The van der Waals surface area contributed by atoms with Gasteiger partial charge in [0, 0.05) is 23.4 Å². The first kappa shape index (κ1) is 13.2. The van der Waals surface area contributed by atoms with Crippen LogP contribution in [-0.2, 0) is 16.0 Å². The van der Waals surface area contributed by atoms with Gasteiger partial charge in [-0.3, -0.25) is 14.0 Å². The number of aromatic nitrogens is 2. The SMILES string of the molecule is O=C1CCc2cc3c4nc5ccccc5cc4cn3c(=O)c2=CO1. The lowest BCUT2D eigenvalue weighted by molar-refractivity contribution is -0.135. The normalized spacial score (nSPS) is 14.4. The molecule has 3 aromatic heterocycles. The standard InChI is InChI=1S/C19H12N2O3/c22-17-6-5-11-8-16-18-13(7-12-3-1-2-4-15(12)20-18)9-21(16)19(23)14(11)10-24-17/h1-4,7-10H,5-6H2. The zero-order chi connectivity index (χ0) is 16.3. The summed E-state index contributed by atoms with van der Waals surface area (Å²) in [6.45, 7) is 0. The molecule has 0 radical (unpaired) electrons. The molecule has 4 heterocycles. The molecule has 5 nitrogen and oxygen atoms in total. The Morgan fingerprint density at radius 3 is 2.83 bits per heavy atom. The molecule has 24 heavy (non-hydrogen) atoms. The predicted molar refractivity (Wildman–Crippen MR) is 90.6 cm³/mol. The number of pyridine rings is 2. The molecule has 4 aromatic rings. The van der Waals surface area contributed by atoms with Crippen molar-refractivity contribution >= 4 is 39.6 Å². The van der Waals surface area contributed by atoms with E-state index in [0.29, 0.717) is 11.6 Å². The van der Waals surface area contributed by atoms with Crippen LogP contribution in [0.2, 0.25) is 0 Å². The molecule has 0 spiro atoms. The van der Waals surface area contributed by atoms with Crippen LogP contribution in [0.15, 0.2) is 47.4 Å². The fraction of sp³-hybridized carbons (Fsp3) is 0.105. The number of esters is 1. The molecule has 0 amide bonds. The average Bonchev–Trinajstić information content (AvgIpc) is 2.83. The molecule has 0 N–H and O–H groups in total. The number of rotatable bonds is 0. The number of carbonyl (C=O) groups excluding carboxylic acids is 1. The van der Waals surface area contributed by atoms with Crippen molar-refractivity contribution in [3.8, 4) is 0 Å². The number of carbonyl (C=O) groups is 1. The summed E-state index contributed by atoms with van der Waals surface area (Å²) in [5.41, 5.74) is 3.10. The summed E-state index contributed by atoms with van der Waals surface area (Å²) >= 11 is 0. The van der Waals surface area contributed by atoms with Crippen LogP contribution < -0.4 is 10.8 Å². The van der Waals surface area contributed by atoms with Crippen LogP contribution in [0.25, 0.3) is 33.6 Å². The molecule has 0 saturated heterocycles. The summed E-state index contributed by atoms with van der Waals surface area (Å²) in [7, 11) is 0. The molecule has 1 aliphatic heterocycles. The highest BCUT2D eigenvalue weighted by Crippen LogP contribution is 2.24. The Morgan fingerprint density at radius 2 is 1.92 bits per heavy atom. The van der Waals surface area contributed by atoms with Crippen molar-refractivity contribution in [2.75, 3.05) is 0 Å². The molecule has 0 unspecified atom stereocenters. The van der Waals surface area contributed by atoms with Gasteiger partial charge in [0.2, 0.25) is 0 Å². The predicted octanol–water partition coefficient (Wildman–Crippen LogP) is 1.95. The number of hydrogen-bond acceptors (Lipinski definition) is 4. The third-order valence-electron chi connectivity index (χ3n) is 4.54. The van der Waals surface area contributed by atoms with Gasteiger partial charge >= 0.3 is 5.97 Å². The highest BCUT2D eigenvalue weighted by atomic mass is 16.5. The van der Waals surface area contributed by atoms with E-state index in [-0.39, 0.29) is 17.9 Å². The van der Waals surface area contributed by atoms with Crippen molar-refractivity contribution in [3.63, 3.8) is 0 Å². The van der Waals surface area contributed by atoms with E-state index < -0.39 is 0 Å². The number of nitrogens with zero attached hydrogens (tertiary/aromatic N) is 2. The lowest BCUT2D eigenvalue weighted by atomic mass is 10.1. The largest absolute Gasteiger partial charge is 0.434 e. The quantitative estimate of drug-likeness (QED) is 0.465. The third kappa shape index (κ3) is 1.78. The topological polar surface area (TPSA) is 60.7 Å². The number of aryl methyl sites for hydroxylation is 1. The minimum atomic E-state index is -0.316. The Balaban J connectivity index is 1.94. The van der Waals surface area contributed by atoms with Crippen LogP contribution in [0.3, 0.4) is 0 Å². The number of fused-ring (bicyclic) bond motifs is 5. The van der Waals surface area contributed by atoms with Gasteiger partial charge in [0.05, 0.1) is 21.8 Å². The maximum Gasteiger partial charge on any atom is 0.310 e. The Labute approximate surface area is 135 Å². The minimum Gasteiger partial charge on any atom is -0.434 e. The van der Waals surface area contributed by atoms with Gasteiger partial charge in [-0.15, -0.1) is 0 Å². The van der Waals surface area contributed by atoms with Crippen LogP contribution in [0.1, 0.15) is 12.0 Å². The molecular weight excluding hydrogens is 304 g/mol. The fourth-order valence-corrected chi connectivity index (χ4v) is 3.33. The molecule has 0 atom stereocenters. The lowest BCUT2D eigenvalue weighted by Crippen LogP contribution is -2.33. The summed E-state index contributed by atoms with van der Waals surface area (Å²) in [5, 5.41) is 2.40. The van der Waals surface area contributed by atoms with Gasteiger partial charge in [0.25, 0.3) is 5.56 Å². The van der Waals surface area contributed by atoms with Crippen molar-refractivity contribution in [2.24, 2.45) is 0 Å². The Hall–Kier alpha value is -3.21. The maximum atomic E-state index is 12.8. The Bertz CT molecular complexity index is 1270. The van der Waals surface area contributed by atoms with E-state index in [0.717, 1.165) is 32.9 Å². The van der Waals surface area contributed by atoms with Gasteiger partial charge in [-0.05, 0) is 30.2 Å². The van der Waals surface area contributed by atoms with E-state index in [1.54, 1.807) is 10.6 Å². The van der Waals surface area contributed by atoms with E-state index in [1.165, 1.54) is 6.26 Å². The highest BCUT2D eigenvalue weighted by Gasteiger charge is 2.16. The van der Waals surface area contributed by atoms with Crippen molar-refractivity contribution in [1.29, 1.82) is 0 Å². The van der Waals surface area contributed by atoms with Crippen LogP contribution in [-0.4, -0.2) is 15.4 Å². The van der Waals surface area contributed by atoms with E-state index >= 15 is 0 Å². The Kier molecular flexibility index (Phi) is 2.56. The smallest absolute Gasteiger partial charge is 0.310 e. The minimum absolute atomic E-state index is 0.181. The van der Waals surface area contributed by atoms with Crippen LogP contribution in [0.4, 0.5) is 0 Å². The monoisotopic (exact) mass is 316 g/mol. The number of benzene rings is 1. The van der Waals surface area contributed by atoms with Crippen LogP contribution in [0.5, 0.6) is 0 Å². The first-order chi connectivity index (χ1) is 11.7. The van der Waals surface area contributed by atoms with Gasteiger partial charge in [-0.25, -0.2) is 4.98 Å². The molecule has 5 heteroatoms. The number of cyclic esters (lactones) is 1. The summed E-state index contributed by atoms with van der Waals surface area (Å²) < 4.78 is 6.59.